The van der Waals surface area contributed by atoms with Crippen LogP contribution in [0.2, 0.25) is 0 Å². The van der Waals surface area contributed by atoms with E-state index >= 15 is 0 Å². The van der Waals surface area contributed by atoms with Crippen LogP contribution in [0.15, 0.2) is 65.0 Å². The summed E-state index contributed by atoms with van der Waals surface area (Å²) in [6, 6.07) is 14.1. The molecule has 2 aliphatic rings. The molecular formula is C23H21N5O3S. The third-order valence-electron chi connectivity index (χ3n) is 5.73. The zero-order valence-corrected chi connectivity index (χ0v) is 18.3. The Kier molecular flexibility index (Phi) is 5.26. The summed E-state index contributed by atoms with van der Waals surface area (Å²) in [5.74, 6) is 1.21. The number of hydrogen-bond acceptors (Lipinski definition) is 7. The van der Waals surface area contributed by atoms with E-state index in [0.29, 0.717) is 40.8 Å². The highest BCUT2D eigenvalue weighted by atomic mass is 32.2. The highest BCUT2D eigenvalue weighted by molar-refractivity contribution is 7.98. The van der Waals surface area contributed by atoms with Gasteiger partial charge in [-0.05, 0) is 31.4 Å². The van der Waals surface area contributed by atoms with Crippen molar-refractivity contribution in [3.63, 3.8) is 0 Å². The highest BCUT2D eigenvalue weighted by Crippen LogP contribution is 2.43. The molecule has 0 radical (unpaired) electrons. The second kappa shape index (κ2) is 8.23. The van der Waals surface area contributed by atoms with Gasteiger partial charge in [0.25, 0.3) is 5.69 Å². The van der Waals surface area contributed by atoms with Gasteiger partial charge >= 0.3 is 0 Å². The molecular weight excluding hydrogens is 426 g/mol. The lowest BCUT2D eigenvalue weighted by Gasteiger charge is -2.31. The zero-order valence-electron chi connectivity index (χ0n) is 17.4. The highest BCUT2D eigenvalue weighted by Gasteiger charge is 2.39. The molecule has 0 saturated heterocycles. The molecule has 0 bridgehead atoms. The normalized spacial score (nSPS) is 17.5. The Morgan fingerprint density at radius 1 is 1.22 bits per heavy atom. The molecule has 8 nitrogen and oxygen atoms in total. The first kappa shape index (κ1) is 20.4. The molecule has 1 aromatic heterocycles. The van der Waals surface area contributed by atoms with Gasteiger partial charge in [-0.3, -0.25) is 14.9 Å². The third-order valence-corrected chi connectivity index (χ3v) is 6.64. The van der Waals surface area contributed by atoms with Crippen LogP contribution in [0.5, 0.6) is 0 Å². The van der Waals surface area contributed by atoms with Crippen molar-refractivity contribution in [3.8, 4) is 0 Å². The molecule has 9 heteroatoms. The van der Waals surface area contributed by atoms with Crippen molar-refractivity contribution >= 4 is 29.2 Å². The van der Waals surface area contributed by atoms with E-state index in [2.05, 4.69) is 40.5 Å². The molecule has 162 valence electrons. The first-order valence-electron chi connectivity index (χ1n) is 10.4. The zero-order chi connectivity index (χ0) is 22.2. The van der Waals surface area contributed by atoms with Crippen LogP contribution in [-0.2, 0) is 10.5 Å². The number of anilines is 1. The summed E-state index contributed by atoms with van der Waals surface area (Å²) in [6.07, 6.45) is 1.88. The van der Waals surface area contributed by atoms with Crippen molar-refractivity contribution in [1.82, 2.24) is 14.8 Å². The van der Waals surface area contributed by atoms with Gasteiger partial charge in [0, 0.05) is 29.5 Å². The SMILES string of the molecule is Cc1cccc(CSc2nc3n(n2)[C@@H](c2ccccc2[N+](=O)[O-])C2=C(CCCC2=O)N3)c1. The van der Waals surface area contributed by atoms with Crippen LogP contribution in [0.3, 0.4) is 0 Å². The van der Waals surface area contributed by atoms with E-state index in [9.17, 15) is 14.9 Å². The van der Waals surface area contributed by atoms with Gasteiger partial charge in [-0.25, -0.2) is 4.68 Å². The van der Waals surface area contributed by atoms with Crippen molar-refractivity contribution in [2.24, 2.45) is 0 Å². The average Bonchev–Trinajstić information content (AvgIpc) is 3.19. The molecule has 1 aliphatic carbocycles. The first-order chi connectivity index (χ1) is 15.5. The molecule has 0 unspecified atom stereocenters. The lowest BCUT2D eigenvalue weighted by Crippen LogP contribution is -2.31. The number of thioether (sulfide) groups is 1. The number of carbonyl (C=O) groups is 1. The topological polar surface area (TPSA) is 103 Å². The smallest absolute Gasteiger partial charge is 0.275 e. The maximum absolute atomic E-state index is 12.9. The minimum absolute atomic E-state index is 0.00276. The maximum atomic E-state index is 12.9. The lowest BCUT2D eigenvalue weighted by molar-refractivity contribution is -0.385. The summed E-state index contributed by atoms with van der Waals surface area (Å²) in [5.41, 5.74) is 4.12. The van der Waals surface area contributed by atoms with E-state index in [1.807, 2.05) is 6.07 Å². The van der Waals surface area contributed by atoms with Gasteiger partial charge < -0.3 is 5.32 Å². The number of para-hydroxylation sites is 1. The number of hydrogen-bond donors (Lipinski definition) is 1. The van der Waals surface area contributed by atoms with Gasteiger partial charge in [-0.15, -0.1) is 5.10 Å². The van der Waals surface area contributed by atoms with Crippen molar-refractivity contribution < 1.29 is 9.72 Å². The van der Waals surface area contributed by atoms with Gasteiger partial charge in [-0.2, -0.15) is 4.98 Å². The minimum Gasteiger partial charge on any atom is -0.328 e. The molecule has 0 spiro atoms. The van der Waals surface area contributed by atoms with E-state index in [1.54, 1.807) is 22.9 Å². The summed E-state index contributed by atoms with van der Waals surface area (Å²) < 4.78 is 1.63. The molecule has 1 atom stereocenters. The average molecular weight is 448 g/mol. The van der Waals surface area contributed by atoms with Crippen LogP contribution in [0, 0.1) is 17.0 Å². The first-order valence-corrected chi connectivity index (χ1v) is 11.4. The van der Waals surface area contributed by atoms with Crippen LogP contribution in [0.1, 0.15) is 42.0 Å². The third kappa shape index (κ3) is 3.69. The summed E-state index contributed by atoms with van der Waals surface area (Å²) in [6.45, 7) is 2.05. The van der Waals surface area contributed by atoms with Crippen LogP contribution in [-0.4, -0.2) is 25.5 Å². The van der Waals surface area contributed by atoms with Crippen LogP contribution in [0.4, 0.5) is 11.6 Å². The van der Waals surface area contributed by atoms with Gasteiger partial charge in [0.2, 0.25) is 11.1 Å². The van der Waals surface area contributed by atoms with Crippen LogP contribution in [0.25, 0.3) is 0 Å². The van der Waals surface area contributed by atoms with E-state index in [1.165, 1.54) is 29.0 Å². The second-order valence-electron chi connectivity index (χ2n) is 7.95. The van der Waals surface area contributed by atoms with E-state index in [-0.39, 0.29) is 11.5 Å². The number of aromatic nitrogens is 3. The van der Waals surface area contributed by atoms with Crippen LogP contribution < -0.4 is 5.32 Å². The molecule has 0 amide bonds. The maximum Gasteiger partial charge on any atom is 0.275 e. The number of ketones is 1. The van der Waals surface area contributed by atoms with Crippen molar-refractivity contribution in [3.05, 3.63) is 86.6 Å². The summed E-state index contributed by atoms with van der Waals surface area (Å²) in [7, 11) is 0. The Bertz CT molecular complexity index is 1270. The number of carbonyl (C=O) groups excluding carboxylic acids is 1. The van der Waals surface area contributed by atoms with Gasteiger partial charge in [0.15, 0.2) is 5.78 Å². The lowest BCUT2D eigenvalue weighted by atomic mass is 9.85. The Hall–Kier alpha value is -3.46. The van der Waals surface area contributed by atoms with Gasteiger partial charge in [-0.1, -0.05) is 53.7 Å². The largest absolute Gasteiger partial charge is 0.328 e. The van der Waals surface area contributed by atoms with E-state index in [0.717, 1.165) is 12.1 Å². The summed E-state index contributed by atoms with van der Waals surface area (Å²) in [5, 5.41) is 20.2. The van der Waals surface area contributed by atoms with Gasteiger partial charge in [0.05, 0.1) is 10.5 Å². The number of fused-ring (bicyclic) bond motifs is 1. The van der Waals surface area contributed by atoms with Crippen molar-refractivity contribution in [1.29, 1.82) is 0 Å². The molecule has 3 aromatic rings. The number of nitro benzene ring substituents is 1. The van der Waals surface area contributed by atoms with Crippen molar-refractivity contribution in [2.75, 3.05) is 5.32 Å². The number of allylic oxidation sites excluding steroid dienone is 2. The Labute approximate surface area is 188 Å². The molecule has 1 aliphatic heterocycles. The fourth-order valence-corrected chi connectivity index (χ4v) is 5.09. The molecule has 2 aromatic carbocycles. The predicted octanol–water partition coefficient (Wildman–Crippen LogP) is 4.81. The minimum atomic E-state index is -0.670. The number of nitrogens with zero attached hydrogens (tertiary/aromatic N) is 4. The molecule has 0 fully saturated rings. The standard InChI is InChI=1S/C23H21N5O3S/c1-14-6-4-7-15(12-14)13-32-23-25-22-24-17-9-5-11-19(29)20(17)21(27(22)26-23)16-8-2-3-10-18(16)28(30)31/h2-4,6-8,10,12,21H,5,9,11,13H2,1H3,(H,24,25,26)/t21-/m0/s1. The van der Waals surface area contributed by atoms with E-state index < -0.39 is 11.0 Å². The van der Waals surface area contributed by atoms with Crippen LogP contribution >= 0.6 is 11.8 Å². The van der Waals surface area contributed by atoms with Gasteiger partial charge in [0.1, 0.15) is 6.04 Å². The quantitative estimate of drug-likeness (QED) is 0.340. The molecule has 32 heavy (non-hydrogen) atoms. The molecule has 2 heterocycles. The Morgan fingerprint density at radius 3 is 2.88 bits per heavy atom. The predicted molar refractivity (Wildman–Crippen MR) is 122 cm³/mol. The number of nitro groups is 1. The monoisotopic (exact) mass is 447 g/mol. The number of rotatable bonds is 5. The van der Waals surface area contributed by atoms with E-state index in [4.69, 9.17) is 0 Å². The molecule has 1 N–H and O–H groups in total. The number of nitrogens with one attached hydrogen (secondary N) is 1. The summed E-state index contributed by atoms with van der Waals surface area (Å²) in [4.78, 5) is 28.9. The Balaban J connectivity index is 1.56. The fraction of sp³-hybridized carbons (Fsp3) is 0.261. The molecule has 5 rings (SSSR count). The number of Topliss-reactive ketones (excluding diaryl/α,β-unsaturated/α-hetero) is 1. The Morgan fingerprint density at radius 2 is 2.06 bits per heavy atom. The second-order valence-corrected chi connectivity index (χ2v) is 8.90. The number of aryl methyl sites for hydroxylation is 1. The summed E-state index contributed by atoms with van der Waals surface area (Å²) >= 11 is 1.50. The van der Waals surface area contributed by atoms with Crippen molar-refractivity contribution in [2.45, 2.75) is 43.1 Å². The number of benzene rings is 2. The molecule has 0 saturated carbocycles. The fourth-order valence-electron chi connectivity index (χ4n) is 4.32.